The first-order chi connectivity index (χ1) is 9.49. The van der Waals surface area contributed by atoms with Crippen LogP contribution in [0.15, 0.2) is 5.38 Å². The Morgan fingerprint density at radius 3 is 2.95 bits per heavy atom. The Kier molecular flexibility index (Phi) is 4.87. The third kappa shape index (κ3) is 3.43. The molecule has 6 nitrogen and oxygen atoms in total. The number of carboxylic acid groups (broad SMARTS) is 1. The molecule has 2 unspecified atom stereocenters. The highest BCUT2D eigenvalue weighted by molar-refractivity contribution is 8.00. The van der Waals surface area contributed by atoms with Crippen molar-refractivity contribution in [3.8, 4) is 0 Å². The van der Waals surface area contributed by atoms with Gasteiger partial charge >= 0.3 is 12.0 Å². The molecule has 110 valence electrons. The first-order valence-corrected chi connectivity index (χ1v) is 8.23. The van der Waals surface area contributed by atoms with Gasteiger partial charge in [-0.05, 0) is 13.8 Å². The third-order valence-corrected chi connectivity index (χ3v) is 5.27. The Balaban J connectivity index is 1.86. The number of thioether (sulfide) groups is 1. The maximum atomic E-state index is 12.1. The van der Waals surface area contributed by atoms with E-state index >= 15 is 0 Å². The lowest BCUT2D eigenvalue weighted by atomic mass is 10.3. The lowest BCUT2D eigenvalue weighted by molar-refractivity contribution is -0.141. The lowest BCUT2D eigenvalue weighted by Gasteiger charge is -2.25. The molecule has 0 bridgehead atoms. The summed E-state index contributed by atoms with van der Waals surface area (Å²) in [7, 11) is 0. The van der Waals surface area contributed by atoms with E-state index in [1.807, 2.05) is 19.2 Å². The predicted molar refractivity (Wildman–Crippen MR) is 79.1 cm³/mol. The molecule has 1 saturated heterocycles. The van der Waals surface area contributed by atoms with Gasteiger partial charge in [0.2, 0.25) is 0 Å². The van der Waals surface area contributed by atoms with Crippen molar-refractivity contribution in [1.82, 2.24) is 15.2 Å². The molecule has 0 spiro atoms. The Hall–Kier alpha value is -1.28. The molecule has 0 saturated carbocycles. The molecule has 1 aliphatic heterocycles. The van der Waals surface area contributed by atoms with Gasteiger partial charge in [0.25, 0.3) is 0 Å². The zero-order valence-electron chi connectivity index (χ0n) is 11.3. The molecule has 2 rings (SSSR count). The van der Waals surface area contributed by atoms with Crippen LogP contribution in [0.2, 0.25) is 0 Å². The SMILES string of the molecule is Cc1csc(CCNC(=O)N2C(C)SCC2C(=O)O)n1. The number of rotatable bonds is 4. The van der Waals surface area contributed by atoms with E-state index in [0.29, 0.717) is 18.7 Å². The smallest absolute Gasteiger partial charge is 0.327 e. The summed E-state index contributed by atoms with van der Waals surface area (Å²) in [5.41, 5.74) is 0.979. The summed E-state index contributed by atoms with van der Waals surface area (Å²) in [6, 6.07) is -1.06. The molecule has 1 aliphatic rings. The molecule has 0 aromatic carbocycles. The molecular weight excluding hydrogens is 298 g/mol. The van der Waals surface area contributed by atoms with Crippen molar-refractivity contribution < 1.29 is 14.7 Å². The summed E-state index contributed by atoms with van der Waals surface area (Å²) in [6.07, 6.45) is 0.664. The minimum Gasteiger partial charge on any atom is -0.480 e. The second kappa shape index (κ2) is 6.45. The van der Waals surface area contributed by atoms with Gasteiger partial charge in [-0.1, -0.05) is 0 Å². The Labute approximate surface area is 125 Å². The van der Waals surface area contributed by atoms with Crippen molar-refractivity contribution in [2.24, 2.45) is 0 Å². The fourth-order valence-corrected chi connectivity index (χ4v) is 3.97. The quantitative estimate of drug-likeness (QED) is 0.881. The number of carbonyl (C=O) groups is 2. The first-order valence-electron chi connectivity index (χ1n) is 6.30. The molecule has 1 aromatic rings. The minimum absolute atomic E-state index is 0.113. The zero-order chi connectivity index (χ0) is 14.7. The standard InChI is InChI=1S/C12H17N3O3S2/c1-7-5-20-10(14-7)3-4-13-12(18)15-8(2)19-6-9(15)11(16)17/h5,8-9H,3-4,6H2,1-2H3,(H,13,18)(H,16,17). The van der Waals surface area contributed by atoms with Crippen molar-refractivity contribution in [2.45, 2.75) is 31.7 Å². The van der Waals surface area contributed by atoms with Gasteiger partial charge in [-0.15, -0.1) is 23.1 Å². The molecule has 2 atom stereocenters. The highest BCUT2D eigenvalue weighted by atomic mass is 32.2. The van der Waals surface area contributed by atoms with Crippen LogP contribution < -0.4 is 5.32 Å². The number of carboxylic acids is 1. The molecule has 0 radical (unpaired) electrons. The van der Waals surface area contributed by atoms with Gasteiger partial charge in [-0.25, -0.2) is 14.6 Å². The number of aromatic nitrogens is 1. The fraction of sp³-hybridized carbons (Fsp3) is 0.583. The zero-order valence-corrected chi connectivity index (χ0v) is 13.0. The van der Waals surface area contributed by atoms with E-state index in [4.69, 9.17) is 5.11 Å². The van der Waals surface area contributed by atoms with E-state index in [2.05, 4.69) is 10.3 Å². The number of nitrogens with one attached hydrogen (secondary N) is 1. The van der Waals surface area contributed by atoms with E-state index in [1.165, 1.54) is 16.7 Å². The highest BCUT2D eigenvalue weighted by Crippen LogP contribution is 2.28. The molecule has 2 heterocycles. The fourth-order valence-electron chi connectivity index (χ4n) is 2.03. The number of aryl methyl sites for hydroxylation is 1. The average molecular weight is 315 g/mol. The number of thiazole rings is 1. The van der Waals surface area contributed by atoms with Crippen molar-refractivity contribution in [3.05, 3.63) is 16.1 Å². The maximum Gasteiger partial charge on any atom is 0.327 e. The van der Waals surface area contributed by atoms with Crippen LogP contribution in [0.5, 0.6) is 0 Å². The predicted octanol–water partition coefficient (Wildman–Crippen LogP) is 1.55. The minimum atomic E-state index is -0.951. The van der Waals surface area contributed by atoms with Crippen LogP contribution >= 0.6 is 23.1 Å². The van der Waals surface area contributed by atoms with Crippen LogP contribution in [0, 0.1) is 6.92 Å². The molecule has 1 fully saturated rings. The molecule has 8 heteroatoms. The molecule has 1 aromatic heterocycles. The highest BCUT2D eigenvalue weighted by Gasteiger charge is 2.39. The van der Waals surface area contributed by atoms with Crippen LogP contribution in [0.4, 0.5) is 4.79 Å². The normalized spacial score (nSPS) is 22.0. The Morgan fingerprint density at radius 2 is 2.35 bits per heavy atom. The second-order valence-corrected chi connectivity index (χ2v) is 6.85. The van der Waals surface area contributed by atoms with E-state index in [-0.39, 0.29) is 11.4 Å². The molecule has 2 N–H and O–H groups in total. The van der Waals surface area contributed by atoms with Crippen LogP contribution in [0.1, 0.15) is 17.6 Å². The first kappa shape index (κ1) is 15.1. The largest absolute Gasteiger partial charge is 0.480 e. The van der Waals surface area contributed by atoms with E-state index in [1.54, 1.807) is 11.3 Å². The van der Waals surface area contributed by atoms with E-state index < -0.39 is 12.0 Å². The maximum absolute atomic E-state index is 12.1. The second-order valence-electron chi connectivity index (χ2n) is 4.56. The van der Waals surface area contributed by atoms with Gasteiger partial charge in [0.15, 0.2) is 0 Å². The summed E-state index contributed by atoms with van der Waals surface area (Å²) in [6.45, 7) is 4.24. The number of hydrogen-bond acceptors (Lipinski definition) is 5. The van der Waals surface area contributed by atoms with Gasteiger partial charge in [-0.2, -0.15) is 0 Å². The lowest BCUT2D eigenvalue weighted by Crippen LogP contribution is -2.49. The number of carbonyl (C=O) groups excluding carboxylic acids is 1. The van der Waals surface area contributed by atoms with Crippen LogP contribution in [0.25, 0.3) is 0 Å². The summed E-state index contributed by atoms with van der Waals surface area (Å²) >= 11 is 3.04. The summed E-state index contributed by atoms with van der Waals surface area (Å²) in [4.78, 5) is 28.9. The summed E-state index contributed by atoms with van der Waals surface area (Å²) < 4.78 is 0. The Bertz CT molecular complexity index is 506. The van der Waals surface area contributed by atoms with Crippen molar-refractivity contribution in [1.29, 1.82) is 0 Å². The number of nitrogens with zero attached hydrogens (tertiary/aromatic N) is 2. The monoisotopic (exact) mass is 315 g/mol. The Morgan fingerprint density at radius 1 is 1.60 bits per heavy atom. The summed E-state index contributed by atoms with van der Waals surface area (Å²) in [5, 5.41) is 14.7. The molecule has 20 heavy (non-hydrogen) atoms. The van der Waals surface area contributed by atoms with Crippen LogP contribution in [-0.2, 0) is 11.2 Å². The van der Waals surface area contributed by atoms with E-state index in [9.17, 15) is 9.59 Å². The van der Waals surface area contributed by atoms with Gasteiger partial charge in [0.05, 0.1) is 10.4 Å². The third-order valence-electron chi connectivity index (χ3n) is 3.02. The number of amides is 2. The van der Waals surface area contributed by atoms with E-state index in [0.717, 1.165) is 10.7 Å². The van der Waals surface area contributed by atoms with Gasteiger partial charge < -0.3 is 10.4 Å². The number of hydrogen-bond donors (Lipinski definition) is 2. The van der Waals surface area contributed by atoms with Crippen LogP contribution in [-0.4, -0.2) is 50.7 Å². The summed E-state index contributed by atoms with van der Waals surface area (Å²) in [5.74, 6) is -0.511. The van der Waals surface area contributed by atoms with Crippen molar-refractivity contribution >= 4 is 35.1 Å². The molecule has 2 amide bonds. The topological polar surface area (TPSA) is 82.5 Å². The molecular formula is C12H17N3O3S2. The molecule has 0 aliphatic carbocycles. The van der Waals surface area contributed by atoms with Crippen molar-refractivity contribution in [2.75, 3.05) is 12.3 Å². The van der Waals surface area contributed by atoms with Gasteiger partial charge in [0, 0.05) is 29.8 Å². The number of aliphatic carboxylic acids is 1. The number of urea groups is 1. The van der Waals surface area contributed by atoms with Crippen molar-refractivity contribution in [3.63, 3.8) is 0 Å². The van der Waals surface area contributed by atoms with Gasteiger partial charge in [0.1, 0.15) is 6.04 Å². The average Bonchev–Trinajstić information content (AvgIpc) is 2.95. The van der Waals surface area contributed by atoms with Crippen LogP contribution in [0.3, 0.4) is 0 Å². The van der Waals surface area contributed by atoms with Gasteiger partial charge in [-0.3, -0.25) is 4.90 Å².